The first-order valence-electron chi connectivity index (χ1n) is 8.23. The summed E-state index contributed by atoms with van der Waals surface area (Å²) in [5.41, 5.74) is 0.00725. The average molecular weight is 352 g/mol. The molecule has 6 nitrogen and oxygen atoms in total. The molecule has 2 heterocycles. The summed E-state index contributed by atoms with van der Waals surface area (Å²) in [6.07, 6.45) is 3.12. The number of aliphatic hydroxyl groups is 1. The number of aromatic hydroxyl groups is 1. The molecular weight excluding hydrogens is 332 g/mol. The molecule has 0 spiro atoms. The number of phenolic OH excluding ortho intramolecular Hbond substituents is 1. The van der Waals surface area contributed by atoms with E-state index in [2.05, 4.69) is 4.98 Å². The van der Waals surface area contributed by atoms with Crippen LogP contribution in [-0.4, -0.2) is 26.9 Å². The highest BCUT2D eigenvalue weighted by atomic mass is 16.3. The van der Waals surface area contributed by atoms with Gasteiger partial charge >= 0.3 is 0 Å². The highest BCUT2D eigenvalue weighted by Crippen LogP contribution is 2.45. The first-order chi connectivity index (χ1) is 12.2. The second-order valence-electron chi connectivity index (χ2n) is 7.19. The van der Waals surface area contributed by atoms with Gasteiger partial charge in [-0.2, -0.15) is 0 Å². The van der Waals surface area contributed by atoms with Gasteiger partial charge in [-0.15, -0.1) is 0 Å². The summed E-state index contributed by atoms with van der Waals surface area (Å²) in [6.45, 7) is 5.18. The summed E-state index contributed by atoms with van der Waals surface area (Å²) in [7, 11) is 0. The molecule has 0 radical (unpaired) electrons. The van der Waals surface area contributed by atoms with E-state index < -0.39 is 23.1 Å². The molecule has 3 rings (SSSR count). The normalized spacial score (nSPS) is 17.7. The summed E-state index contributed by atoms with van der Waals surface area (Å²) in [4.78, 5) is 31.1. The minimum Gasteiger partial charge on any atom is -0.506 e. The van der Waals surface area contributed by atoms with Crippen molar-refractivity contribution in [3.63, 3.8) is 0 Å². The highest BCUT2D eigenvalue weighted by molar-refractivity contribution is 6.17. The predicted octanol–water partition coefficient (Wildman–Crippen LogP) is 3.30. The van der Waals surface area contributed by atoms with E-state index in [9.17, 15) is 19.8 Å². The summed E-state index contributed by atoms with van der Waals surface area (Å²) in [5, 5.41) is 20.7. The Balaban J connectivity index is 2.23. The smallest absolute Gasteiger partial charge is 0.294 e. The van der Waals surface area contributed by atoms with Crippen LogP contribution in [0.4, 0.5) is 5.69 Å². The maximum Gasteiger partial charge on any atom is 0.294 e. The number of anilines is 1. The molecule has 2 N–H and O–H groups in total. The number of amides is 1. The summed E-state index contributed by atoms with van der Waals surface area (Å²) >= 11 is 0. The van der Waals surface area contributed by atoms with Gasteiger partial charge in [0.1, 0.15) is 5.75 Å². The molecule has 0 aliphatic carbocycles. The molecule has 1 aliphatic rings. The maximum atomic E-state index is 13.0. The third kappa shape index (κ3) is 2.83. The lowest BCUT2D eigenvalue weighted by molar-refractivity contribution is -0.123. The molecular formula is C20H20N2O4. The predicted molar refractivity (Wildman–Crippen MR) is 96.7 cm³/mol. The fourth-order valence-electron chi connectivity index (χ4n) is 3.01. The Bertz CT molecular complexity index is 898. The molecule has 1 atom stereocenters. The molecule has 6 heteroatoms. The Labute approximate surface area is 151 Å². The zero-order valence-electron chi connectivity index (χ0n) is 14.8. The van der Waals surface area contributed by atoms with Crippen LogP contribution < -0.4 is 4.90 Å². The van der Waals surface area contributed by atoms with Crippen LogP contribution in [0.1, 0.15) is 32.4 Å². The van der Waals surface area contributed by atoms with Gasteiger partial charge in [-0.3, -0.25) is 19.5 Å². The summed E-state index contributed by atoms with van der Waals surface area (Å²) in [5.74, 6) is -1.78. The number of hydrogen-bond acceptors (Lipinski definition) is 5. The molecule has 26 heavy (non-hydrogen) atoms. The number of aromatic nitrogens is 1. The molecule has 1 unspecified atom stereocenters. The van der Waals surface area contributed by atoms with Crippen LogP contribution in [0.3, 0.4) is 0 Å². The zero-order chi connectivity index (χ0) is 19.1. The van der Waals surface area contributed by atoms with Gasteiger partial charge in [-0.1, -0.05) is 39.0 Å². The molecule has 1 aromatic heterocycles. The molecule has 1 amide bonds. The number of para-hydroxylation sites is 2. The van der Waals surface area contributed by atoms with Crippen LogP contribution in [0.25, 0.3) is 0 Å². The molecule has 2 aromatic rings. The molecule has 134 valence electrons. The van der Waals surface area contributed by atoms with Crippen LogP contribution in [-0.2, 0) is 9.59 Å². The van der Waals surface area contributed by atoms with Crippen molar-refractivity contribution in [1.29, 1.82) is 0 Å². The number of carbonyl (C=O) groups excluding carboxylic acids is 2. The van der Waals surface area contributed by atoms with Crippen molar-refractivity contribution >= 4 is 17.4 Å². The number of carbonyl (C=O) groups is 2. The van der Waals surface area contributed by atoms with Gasteiger partial charge in [0.25, 0.3) is 5.91 Å². The number of hydrogen-bond donors (Lipinski definition) is 2. The fraction of sp³-hybridized carbons (Fsp3) is 0.250. The molecule has 1 aliphatic heterocycles. The number of Topliss-reactive ketones (excluding diaryl/α,β-unsaturated/α-hetero) is 1. The quantitative estimate of drug-likeness (QED) is 0.884. The second-order valence-corrected chi connectivity index (χ2v) is 7.19. The van der Waals surface area contributed by atoms with Crippen molar-refractivity contribution in [3.05, 3.63) is 65.7 Å². The number of rotatable bonds is 3. The first-order valence-corrected chi connectivity index (χ1v) is 8.23. The fourth-order valence-corrected chi connectivity index (χ4v) is 3.01. The monoisotopic (exact) mass is 352 g/mol. The van der Waals surface area contributed by atoms with Crippen LogP contribution in [0.15, 0.2) is 60.1 Å². The van der Waals surface area contributed by atoms with Gasteiger partial charge < -0.3 is 10.2 Å². The lowest BCUT2D eigenvalue weighted by Gasteiger charge is -2.29. The average Bonchev–Trinajstić information content (AvgIpc) is 2.86. The van der Waals surface area contributed by atoms with Gasteiger partial charge in [-0.05, 0) is 23.8 Å². The van der Waals surface area contributed by atoms with Crippen molar-refractivity contribution < 1.29 is 19.8 Å². The van der Waals surface area contributed by atoms with E-state index in [1.54, 1.807) is 63.5 Å². The van der Waals surface area contributed by atoms with Gasteiger partial charge in [0, 0.05) is 17.8 Å². The van der Waals surface area contributed by atoms with E-state index in [0.29, 0.717) is 5.56 Å². The van der Waals surface area contributed by atoms with Crippen molar-refractivity contribution in [1.82, 2.24) is 4.98 Å². The number of phenols is 1. The Morgan fingerprint density at radius 3 is 2.38 bits per heavy atom. The summed E-state index contributed by atoms with van der Waals surface area (Å²) < 4.78 is 0. The van der Waals surface area contributed by atoms with Crippen LogP contribution in [0.5, 0.6) is 5.75 Å². The van der Waals surface area contributed by atoms with Crippen molar-refractivity contribution in [2.45, 2.75) is 26.8 Å². The molecule has 0 bridgehead atoms. The largest absolute Gasteiger partial charge is 0.506 e. The van der Waals surface area contributed by atoms with Gasteiger partial charge in [0.2, 0.25) is 0 Å². The van der Waals surface area contributed by atoms with Gasteiger partial charge in [0.15, 0.2) is 11.5 Å². The standard InChI is InChI=1S/C20H20N2O4/c1-20(2,3)18(25)15-16(12-7-6-10-21-11-12)22(19(26)17(15)24)13-8-4-5-9-14(13)23/h4-11,16,23-24H,1-3H3. The number of aliphatic hydroxyl groups excluding tert-OH is 1. The molecule has 0 fully saturated rings. The van der Waals surface area contributed by atoms with Crippen LogP contribution in [0, 0.1) is 5.41 Å². The van der Waals surface area contributed by atoms with E-state index >= 15 is 0 Å². The molecule has 0 saturated carbocycles. The lowest BCUT2D eigenvalue weighted by atomic mass is 9.82. The number of benzene rings is 1. The molecule has 1 aromatic carbocycles. The topological polar surface area (TPSA) is 90.7 Å². The number of pyridine rings is 1. The number of nitrogens with zero attached hydrogens (tertiary/aromatic N) is 2. The number of ketones is 1. The minimum atomic E-state index is -0.865. The van der Waals surface area contributed by atoms with E-state index in [1.807, 2.05) is 0 Å². The van der Waals surface area contributed by atoms with Crippen LogP contribution >= 0.6 is 0 Å². The van der Waals surface area contributed by atoms with Crippen LogP contribution in [0.2, 0.25) is 0 Å². The van der Waals surface area contributed by atoms with Crippen molar-refractivity contribution in [2.75, 3.05) is 4.90 Å². The highest BCUT2D eigenvalue weighted by Gasteiger charge is 2.47. The Morgan fingerprint density at radius 1 is 1.12 bits per heavy atom. The summed E-state index contributed by atoms with van der Waals surface area (Å²) in [6, 6.07) is 8.87. The lowest BCUT2D eigenvalue weighted by Crippen LogP contribution is -2.32. The van der Waals surface area contributed by atoms with E-state index in [0.717, 1.165) is 0 Å². The maximum absolute atomic E-state index is 13.0. The Kier molecular flexibility index (Phi) is 4.28. The third-order valence-corrected chi connectivity index (χ3v) is 4.28. The van der Waals surface area contributed by atoms with Gasteiger partial charge in [0.05, 0.1) is 17.3 Å². The van der Waals surface area contributed by atoms with Crippen molar-refractivity contribution in [2.24, 2.45) is 5.41 Å². The Hall–Kier alpha value is -3.15. The van der Waals surface area contributed by atoms with E-state index in [1.165, 1.54) is 11.0 Å². The van der Waals surface area contributed by atoms with E-state index in [-0.39, 0.29) is 22.8 Å². The van der Waals surface area contributed by atoms with Crippen molar-refractivity contribution in [3.8, 4) is 5.75 Å². The second kappa shape index (κ2) is 6.29. The van der Waals surface area contributed by atoms with E-state index in [4.69, 9.17) is 0 Å². The third-order valence-electron chi connectivity index (χ3n) is 4.28. The Morgan fingerprint density at radius 2 is 1.81 bits per heavy atom. The molecule has 0 saturated heterocycles. The SMILES string of the molecule is CC(C)(C)C(=O)C1=C(O)C(=O)N(c2ccccc2O)C1c1cccnc1. The first kappa shape index (κ1) is 17.7. The minimum absolute atomic E-state index is 0.0127. The van der Waals surface area contributed by atoms with Gasteiger partial charge in [-0.25, -0.2) is 0 Å². The zero-order valence-corrected chi connectivity index (χ0v) is 14.8.